The van der Waals surface area contributed by atoms with E-state index in [9.17, 15) is 4.79 Å². The molecule has 3 aromatic rings. The third-order valence-corrected chi connectivity index (χ3v) is 8.68. The first kappa shape index (κ1) is 27.2. The predicted octanol–water partition coefficient (Wildman–Crippen LogP) is 5.22. The topological polar surface area (TPSA) is 94.9 Å². The fraction of sp³-hybridized carbons (Fsp3) is 0.448. The maximum atomic E-state index is 11.1. The first-order chi connectivity index (χ1) is 19.3. The van der Waals surface area contributed by atoms with Crippen molar-refractivity contribution in [1.29, 1.82) is 0 Å². The highest BCUT2D eigenvalue weighted by molar-refractivity contribution is 6.35. The van der Waals surface area contributed by atoms with Crippen molar-refractivity contribution in [3.8, 4) is 23.0 Å². The Balaban J connectivity index is 1.21. The molecule has 0 saturated carbocycles. The largest absolute Gasteiger partial charge is 0.481 e. The average molecular weight is 584 g/mol. The maximum absolute atomic E-state index is 11.1. The number of likely N-dealkylation sites (N-methyl/N-ethyl adjacent to an activating group) is 1. The van der Waals surface area contributed by atoms with E-state index < -0.39 is 5.97 Å². The Labute approximate surface area is 243 Å². The van der Waals surface area contributed by atoms with E-state index in [1.165, 1.54) is 6.42 Å². The lowest BCUT2D eigenvalue weighted by molar-refractivity contribution is -0.138. The van der Waals surface area contributed by atoms with E-state index in [2.05, 4.69) is 31.9 Å². The molecule has 40 heavy (non-hydrogen) atoms. The van der Waals surface area contributed by atoms with Gasteiger partial charge in [-0.25, -0.2) is 4.98 Å². The van der Waals surface area contributed by atoms with E-state index >= 15 is 0 Å². The lowest BCUT2D eigenvalue weighted by Gasteiger charge is -2.32. The van der Waals surface area contributed by atoms with Crippen LogP contribution in [0.25, 0.3) is 11.3 Å². The third-order valence-electron chi connectivity index (χ3n) is 8.24. The van der Waals surface area contributed by atoms with Gasteiger partial charge in [0.05, 0.1) is 5.69 Å². The fourth-order valence-electron chi connectivity index (χ4n) is 6.18. The molecule has 3 aliphatic heterocycles. The number of hydrogen-bond donors (Lipinski definition) is 1. The Morgan fingerprint density at radius 2 is 1.77 bits per heavy atom. The van der Waals surface area contributed by atoms with Crippen LogP contribution in [0.5, 0.6) is 11.8 Å². The van der Waals surface area contributed by atoms with Gasteiger partial charge < -0.3 is 14.7 Å². The molecular formula is C29H32Cl2N6O3. The number of carbonyl (C=O) groups is 1. The molecule has 11 heteroatoms. The van der Waals surface area contributed by atoms with Crippen molar-refractivity contribution in [1.82, 2.24) is 25.0 Å². The van der Waals surface area contributed by atoms with E-state index in [1.54, 1.807) is 6.07 Å². The van der Waals surface area contributed by atoms with Crippen molar-refractivity contribution in [2.75, 3.05) is 38.1 Å². The monoisotopic (exact) mass is 582 g/mol. The number of fused-ring (bicyclic) bond motifs is 2. The zero-order valence-electron chi connectivity index (χ0n) is 22.3. The molecule has 2 bridgehead atoms. The molecule has 3 fully saturated rings. The number of hydrogen-bond acceptors (Lipinski definition) is 8. The molecule has 210 valence electrons. The summed E-state index contributed by atoms with van der Waals surface area (Å²) < 4.78 is 6.13. The van der Waals surface area contributed by atoms with Crippen LogP contribution in [0.3, 0.4) is 0 Å². The van der Waals surface area contributed by atoms with Gasteiger partial charge in [0.1, 0.15) is 0 Å². The number of carboxylic acid groups (broad SMARTS) is 1. The molecule has 5 heterocycles. The first-order valence-corrected chi connectivity index (χ1v) is 14.4. The summed E-state index contributed by atoms with van der Waals surface area (Å²) in [4.78, 5) is 22.9. The molecule has 0 aliphatic carbocycles. The summed E-state index contributed by atoms with van der Waals surface area (Å²) >= 11 is 12.6. The van der Waals surface area contributed by atoms with Crippen LogP contribution in [0.15, 0.2) is 42.5 Å². The molecule has 1 aromatic carbocycles. The van der Waals surface area contributed by atoms with Crippen LogP contribution in [-0.2, 0) is 11.3 Å². The number of carboxylic acids is 1. The lowest BCUT2D eigenvalue weighted by atomic mass is 9.93. The highest BCUT2D eigenvalue weighted by Gasteiger charge is 2.42. The van der Waals surface area contributed by atoms with Crippen LogP contribution in [0.1, 0.15) is 31.2 Å². The number of piperidine rings is 1. The second kappa shape index (κ2) is 11.5. The summed E-state index contributed by atoms with van der Waals surface area (Å²) in [7, 11) is 2.18. The van der Waals surface area contributed by atoms with Gasteiger partial charge in [0.25, 0.3) is 0 Å². The Kier molecular flexibility index (Phi) is 7.81. The van der Waals surface area contributed by atoms with Gasteiger partial charge >= 0.3 is 5.97 Å². The number of likely N-dealkylation sites (tertiary alicyclic amines) is 2. The smallest absolute Gasteiger partial charge is 0.303 e. The summed E-state index contributed by atoms with van der Waals surface area (Å²) in [5.74, 6) is 1.16. The number of ether oxygens (including phenoxy) is 1. The van der Waals surface area contributed by atoms with Crippen molar-refractivity contribution in [2.24, 2.45) is 5.92 Å². The molecule has 2 aromatic heterocycles. The van der Waals surface area contributed by atoms with Crippen molar-refractivity contribution < 1.29 is 14.6 Å². The van der Waals surface area contributed by atoms with Crippen LogP contribution in [0.4, 0.5) is 5.82 Å². The average Bonchev–Trinajstić information content (AvgIpc) is 3.49. The van der Waals surface area contributed by atoms with Crippen LogP contribution >= 0.6 is 23.2 Å². The van der Waals surface area contributed by atoms with E-state index in [1.807, 2.05) is 36.4 Å². The van der Waals surface area contributed by atoms with Gasteiger partial charge in [0.2, 0.25) is 11.8 Å². The van der Waals surface area contributed by atoms with Gasteiger partial charge in [-0.15, -0.1) is 10.2 Å². The molecule has 0 radical (unpaired) electrons. The Morgan fingerprint density at radius 3 is 2.40 bits per heavy atom. The summed E-state index contributed by atoms with van der Waals surface area (Å²) in [5, 5.41) is 19.0. The van der Waals surface area contributed by atoms with E-state index in [4.69, 9.17) is 38.0 Å². The molecule has 0 spiro atoms. The summed E-state index contributed by atoms with van der Waals surface area (Å²) in [5.41, 5.74) is 2.51. The van der Waals surface area contributed by atoms with Crippen molar-refractivity contribution in [3.05, 3.63) is 58.1 Å². The van der Waals surface area contributed by atoms with E-state index in [0.717, 1.165) is 56.0 Å². The lowest BCUT2D eigenvalue weighted by Crippen LogP contribution is -2.44. The van der Waals surface area contributed by atoms with Gasteiger partial charge in [-0.2, -0.15) is 0 Å². The number of piperazine rings is 1. The van der Waals surface area contributed by atoms with Gasteiger partial charge in [-0.1, -0.05) is 23.2 Å². The van der Waals surface area contributed by atoms with Gasteiger partial charge in [0, 0.05) is 65.9 Å². The van der Waals surface area contributed by atoms with Crippen LogP contribution in [0, 0.1) is 5.92 Å². The van der Waals surface area contributed by atoms with E-state index in [-0.39, 0.29) is 12.3 Å². The van der Waals surface area contributed by atoms with Crippen molar-refractivity contribution in [2.45, 2.75) is 44.3 Å². The zero-order chi connectivity index (χ0) is 27.8. The van der Waals surface area contributed by atoms with Gasteiger partial charge in [-0.3, -0.25) is 14.6 Å². The fourth-order valence-corrected chi connectivity index (χ4v) is 6.71. The Bertz CT molecular complexity index is 1360. The van der Waals surface area contributed by atoms with Crippen molar-refractivity contribution >= 4 is 35.0 Å². The standard InChI is InChI=1S/C29H32Cl2N6O3/c1-35-16-24-14-23(35)17-37(24)26-2-3-27(34-33-26)40-28-9-19(15-36-6-4-18(5-7-36)10-29(38)39)8-25(32-28)20-11-21(30)13-22(31)12-20/h2-3,8-9,11-13,18,23-24H,4-7,10,14-17H2,1H3,(H,38,39)/t23-,24-/m0/s1. The number of pyridine rings is 1. The van der Waals surface area contributed by atoms with Crippen LogP contribution < -0.4 is 9.64 Å². The first-order valence-electron chi connectivity index (χ1n) is 13.7. The minimum atomic E-state index is -0.726. The normalized spacial score (nSPS) is 21.7. The minimum absolute atomic E-state index is 0.229. The molecule has 0 unspecified atom stereocenters. The summed E-state index contributed by atoms with van der Waals surface area (Å²) in [6, 6.07) is 14.2. The van der Waals surface area contributed by atoms with Gasteiger partial charge in [-0.05, 0) is 81.2 Å². The number of rotatable bonds is 8. The molecule has 6 rings (SSSR count). The van der Waals surface area contributed by atoms with Gasteiger partial charge in [0.15, 0.2) is 5.82 Å². The minimum Gasteiger partial charge on any atom is -0.481 e. The maximum Gasteiger partial charge on any atom is 0.303 e. The molecule has 3 aliphatic rings. The second-order valence-corrected chi connectivity index (χ2v) is 12.0. The summed E-state index contributed by atoms with van der Waals surface area (Å²) in [6.45, 7) is 4.40. The van der Waals surface area contributed by atoms with Crippen LogP contribution in [-0.4, -0.2) is 81.4 Å². The number of nitrogens with zero attached hydrogens (tertiary/aromatic N) is 6. The molecular weight excluding hydrogens is 551 g/mol. The zero-order valence-corrected chi connectivity index (χ0v) is 23.9. The molecule has 1 N–H and O–H groups in total. The molecule has 9 nitrogen and oxygen atoms in total. The van der Waals surface area contributed by atoms with E-state index in [0.29, 0.717) is 46.1 Å². The highest BCUT2D eigenvalue weighted by Crippen LogP contribution is 2.34. The Hall–Kier alpha value is -2.98. The third kappa shape index (κ3) is 6.17. The number of aliphatic carboxylic acids is 1. The van der Waals surface area contributed by atoms with Crippen LogP contribution in [0.2, 0.25) is 10.0 Å². The SMILES string of the molecule is CN1C[C@@H]2C[C@H]1CN2c1ccc(Oc2cc(CN3CCC(CC(=O)O)CC3)cc(-c3cc(Cl)cc(Cl)c3)n2)nn1. The Morgan fingerprint density at radius 1 is 1.00 bits per heavy atom. The molecule has 3 saturated heterocycles. The number of benzene rings is 1. The quantitative estimate of drug-likeness (QED) is 0.383. The molecule has 2 atom stereocenters. The number of halogens is 2. The highest BCUT2D eigenvalue weighted by atomic mass is 35.5. The number of aromatic nitrogens is 3. The summed E-state index contributed by atoms with van der Waals surface area (Å²) in [6.07, 6.45) is 3.14. The molecule has 0 amide bonds. The predicted molar refractivity (Wildman–Crippen MR) is 154 cm³/mol. The number of anilines is 1. The second-order valence-electron chi connectivity index (χ2n) is 11.1. The van der Waals surface area contributed by atoms with Crippen molar-refractivity contribution in [3.63, 3.8) is 0 Å².